The molecule has 2 N–H and O–H groups in total. The van der Waals surface area contributed by atoms with Crippen LogP contribution < -0.4 is 10.6 Å². The van der Waals surface area contributed by atoms with Crippen LogP contribution in [0, 0.1) is 17.6 Å². The van der Waals surface area contributed by atoms with E-state index in [-0.39, 0.29) is 17.5 Å². The number of benzene rings is 1. The quantitative estimate of drug-likeness (QED) is 0.829. The third kappa shape index (κ3) is 3.00. The maximum atomic E-state index is 13.3. The minimum Gasteiger partial charge on any atom is -0.323 e. The molecular formula is C12H14F2N2O. The molecule has 92 valence electrons. The molecule has 1 aliphatic heterocycles. The number of carbonyl (C=O) groups excluding carboxylic acids is 1. The first kappa shape index (κ1) is 12.0. The zero-order valence-corrected chi connectivity index (χ0v) is 9.30. The highest BCUT2D eigenvalue weighted by atomic mass is 19.1. The number of piperidine rings is 1. The number of carbonyl (C=O) groups is 1. The predicted molar refractivity (Wildman–Crippen MR) is 60.6 cm³/mol. The summed E-state index contributed by atoms with van der Waals surface area (Å²) in [5.74, 6) is -1.77. The highest BCUT2D eigenvalue weighted by Gasteiger charge is 2.21. The van der Waals surface area contributed by atoms with E-state index in [1.54, 1.807) is 0 Å². The zero-order chi connectivity index (χ0) is 12.3. The zero-order valence-electron chi connectivity index (χ0n) is 9.30. The molecule has 1 saturated heterocycles. The Bertz CT molecular complexity index is 417. The smallest absolute Gasteiger partial charge is 0.228 e. The van der Waals surface area contributed by atoms with Gasteiger partial charge in [-0.15, -0.1) is 0 Å². The first-order valence-electron chi connectivity index (χ1n) is 5.63. The summed E-state index contributed by atoms with van der Waals surface area (Å²) < 4.78 is 26.0. The Morgan fingerprint density at radius 1 is 1.41 bits per heavy atom. The Morgan fingerprint density at radius 2 is 2.24 bits per heavy atom. The summed E-state index contributed by atoms with van der Waals surface area (Å²) in [7, 11) is 0. The Hall–Kier alpha value is -1.49. The average Bonchev–Trinajstić information content (AvgIpc) is 2.34. The van der Waals surface area contributed by atoms with E-state index in [2.05, 4.69) is 10.6 Å². The molecule has 1 aromatic carbocycles. The van der Waals surface area contributed by atoms with Crippen molar-refractivity contribution >= 4 is 11.6 Å². The highest BCUT2D eigenvalue weighted by molar-refractivity contribution is 5.92. The molecule has 1 heterocycles. The van der Waals surface area contributed by atoms with Crippen molar-refractivity contribution in [3.63, 3.8) is 0 Å². The maximum Gasteiger partial charge on any atom is 0.228 e. The van der Waals surface area contributed by atoms with Gasteiger partial charge in [-0.1, -0.05) is 0 Å². The molecule has 1 atom stereocenters. The Kier molecular flexibility index (Phi) is 3.68. The Morgan fingerprint density at radius 3 is 2.88 bits per heavy atom. The lowest BCUT2D eigenvalue weighted by Crippen LogP contribution is -2.37. The van der Waals surface area contributed by atoms with Crippen LogP contribution in [0.15, 0.2) is 18.2 Å². The summed E-state index contributed by atoms with van der Waals surface area (Å²) in [4.78, 5) is 11.8. The van der Waals surface area contributed by atoms with Crippen LogP contribution in [0.25, 0.3) is 0 Å². The van der Waals surface area contributed by atoms with E-state index in [4.69, 9.17) is 0 Å². The van der Waals surface area contributed by atoms with Gasteiger partial charge < -0.3 is 10.6 Å². The second kappa shape index (κ2) is 5.23. The minimum atomic E-state index is -0.748. The molecule has 1 aliphatic rings. The Balaban J connectivity index is 2.02. The van der Waals surface area contributed by atoms with Crippen molar-refractivity contribution in [1.82, 2.24) is 5.32 Å². The fraction of sp³-hybridized carbons (Fsp3) is 0.417. The second-order valence-electron chi connectivity index (χ2n) is 4.16. The van der Waals surface area contributed by atoms with E-state index in [0.717, 1.165) is 31.5 Å². The van der Waals surface area contributed by atoms with Crippen LogP contribution >= 0.6 is 0 Å². The van der Waals surface area contributed by atoms with E-state index >= 15 is 0 Å². The summed E-state index contributed by atoms with van der Waals surface area (Å²) in [5.41, 5.74) is 0.0296. The lowest BCUT2D eigenvalue weighted by Gasteiger charge is -2.21. The summed E-state index contributed by atoms with van der Waals surface area (Å²) in [6.45, 7) is 1.52. The van der Waals surface area contributed by atoms with Crippen LogP contribution in [0.4, 0.5) is 14.5 Å². The topological polar surface area (TPSA) is 41.1 Å². The first-order valence-corrected chi connectivity index (χ1v) is 5.63. The third-order valence-electron chi connectivity index (χ3n) is 2.86. The number of nitrogens with one attached hydrogen (secondary N) is 2. The van der Waals surface area contributed by atoms with Crippen LogP contribution in [0.2, 0.25) is 0 Å². The van der Waals surface area contributed by atoms with Gasteiger partial charge in [0.05, 0.1) is 11.6 Å². The van der Waals surface area contributed by atoms with E-state index in [1.165, 1.54) is 6.07 Å². The van der Waals surface area contributed by atoms with Crippen molar-refractivity contribution in [1.29, 1.82) is 0 Å². The van der Waals surface area contributed by atoms with Crippen LogP contribution in [0.1, 0.15) is 12.8 Å². The molecule has 1 fully saturated rings. The standard InChI is InChI=1S/C12H14F2N2O/c13-9-3-4-11(10(14)6-9)16-12(17)8-2-1-5-15-7-8/h3-4,6,8,15H,1-2,5,7H2,(H,16,17). The van der Waals surface area contributed by atoms with Crippen molar-refractivity contribution < 1.29 is 13.6 Å². The van der Waals surface area contributed by atoms with E-state index < -0.39 is 11.6 Å². The predicted octanol–water partition coefficient (Wildman–Crippen LogP) is 1.90. The number of anilines is 1. The van der Waals surface area contributed by atoms with Crippen LogP contribution in [0.5, 0.6) is 0 Å². The van der Waals surface area contributed by atoms with Gasteiger partial charge in [-0.05, 0) is 31.5 Å². The van der Waals surface area contributed by atoms with Gasteiger partial charge in [0.25, 0.3) is 0 Å². The summed E-state index contributed by atoms with van der Waals surface area (Å²) in [6, 6.07) is 3.12. The molecule has 0 aliphatic carbocycles. The fourth-order valence-electron chi connectivity index (χ4n) is 1.90. The summed E-state index contributed by atoms with van der Waals surface area (Å²) >= 11 is 0. The first-order chi connectivity index (χ1) is 8.16. The molecule has 0 radical (unpaired) electrons. The molecule has 1 aromatic rings. The van der Waals surface area contributed by atoms with Gasteiger partial charge in [0.1, 0.15) is 11.6 Å². The van der Waals surface area contributed by atoms with E-state index in [0.29, 0.717) is 6.54 Å². The van der Waals surface area contributed by atoms with E-state index in [9.17, 15) is 13.6 Å². The van der Waals surface area contributed by atoms with Crippen molar-refractivity contribution in [2.45, 2.75) is 12.8 Å². The molecule has 0 spiro atoms. The molecular weight excluding hydrogens is 226 g/mol. The van der Waals surface area contributed by atoms with Gasteiger partial charge in [-0.2, -0.15) is 0 Å². The molecule has 3 nitrogen and oxygen atoms in total. The molecule has 5 heteroatoms. The van der Waals surface area contributed by atoms with Crippen molar-refractivity contribution in [3.05, 3.63) is 29.8 Å². The molecule has 0 bridgehead atoms. The largest absolute Gasteiger partial charge is 0.323 e. The molecule has 1 unspecified atom stereocenters. The number of hydrogen-bond donors (Lipinski definition) is 2. The number of halogens is 2. The second-order valence-corrected chi connectivity index (χ2v) is 4.16. The van der Waals surface area contributed by atoms with Crippen LogP contribution in [-0.2, 0) is 4.79 Å². The average molecular weight is 240 g/mol. The van der Waals surface area contributed by atoms with Crippen molar-refractivity contribution in [3.8, 4) is 0 Å². The lowest BCUT2D eigenvalue weighted by molar-refractivity contribution is -0.120. The van der Waals surface area contributed by atoms with E-state index in [1.807, 2.05) is 0 Å². The lowest BCUT2D eigenvalue weighted by atomic mass is 9.99. The van der Waals surface area contributed by atoms with Crippen LogP contribution in [-0.4, -0.2) is 19.0 Å². The number of amides is 1. The highest BCUT2D eigenvalue weighted by Crippen LogP contribution is 2.18. The number of rotatable bonds is 2. The van der Waals surface area contributed by atoms with Gasteiger partial charge in [0, 0.05) is 12.6 Å². The summed E-state index contributed by atoms with van der Waals surface area (Å²) in [6.07, 6.45) is 1.73. The molecule has 0 saturated carbocycles. The molecule has 17 heavy (non-hydrogen) atoms. The monoisotopic (exact) mass is 240 g/mol. The molecule has 0 aromatic heterocycles. The molecule has 1 amide bonds. The normalized spacial score (nSPS) is 20.0. The van der Waals surface area contributed by atoms with Crippen molar-refractivity contribution in [2.24, 2.45) is 5.92 Å². The van der Waals surface area contributed by atoms with Gasteiger partial charge in [0.15, 0.2) is 0 Å². The minimum absolute atomic E-state index is 0.0296. The number of hydrogen-bond acceptors (Lipinski definition) is 2. The van der Waals surface area contributed by atoms with Crippen LogP contribution in [0.3, 0.4) is 0 Å². The maximum absolute atomic E-state index is 13.3. The SMILES string of the molecule is O=C(Nc1ccc(F)cc1F)C1CCCNC1. The summed E-state index contributed by atoms with van der Waals surface area (Å²) in [5, 5.41) is 5.60. The van der Waals surface area contributed by atoms with Gasteiger partial charge >= 0.3 is 0 Å². The van der Waals surface area contributed by atoms with Crippen molar-refractivity contribution in [2.75, 3.05) is 18.4 Å². The van der Waals surface area contributed by atoms with Gasteiger partial charge in [-0.3, -0.25) is 4.79 Å². The third-order valence-corrected chi connectivity index (χ3v) is 2.86. The van der Waals surface area contributed by atoms with Gasteiger partial charge in [-0.25, -0.2) is 8.78 Å². The fourth-order valence-corrected chi connectivity index (χ4v) is 1.90. The molecule has 2 rings (SSSR count). The van der Waals surface area contributed by atoms with Gasteiger partial charge in [0.2, 0.25) is 5.91 Å². The Labute approximate surface area is 98.2 Å².